The molecule has 0 radical (unpaired) electrons. The van der Waals surface area contributed by atoms with Crippen molar-refractivity contribution in [2.75, 3.05) is 19.6 Å². The second-order valence-electron chi connectivity index (χ2n) is 7.02. The Balaban J connectivity index is 1.45. The summed E-state index contributed by atoms with van der Waals surface area (Å²) in [5, 5.41) is 16.3. The van der Waals surface area contributed by atoms with Gasteiger partial charge in [0.25, 0.3) is 0 Å². The monoisotopic (exact) mass is 346 g/mol. The van der Waals surface area contributed by atoms with Crippen molar-refractivity contribution >= 4 is 11.8 Å². The van der Waals surface area contributed by atoms with E-state index >= 15 is 0 Å². The fourth-order valence-corrected chi connectivity index (χ4v) is 3.66. The molecule has 0 unspecified atom stereocenters. The quantitative estimate of drug-likeness (QED) is 0.459. The number of hydrogen-bond acceptors (Lipinski definition) is 5. The number of hydroxylamine groups is 1. The van der Waals surface area contributed by atoms with Crippen LogP contribution in [0.3, 0.4) is 0 Å². The third-order valence-electron chi connectivity index (χ3n) is 5.13. The fourth-order valence-electron chi connectivity index (χ4n) is 3.66. The molecule has 0 amide bonds. The van der Waals surface area contributed by atoms with Crippen molar-refractivity contribution in [1.82, 2.24) is 10.4 Å². The lowest BCUT2D eigenvalue weighted by molar-refractivity contribution is -0.138. The number of carboxylic acid groups (broad SMARTS) is 1. The Morgan fingerprint density at radius 2 is 2.00 bits per heavy atom. The number of amidine groups is 1. The Labute approximate surface area is 147 Å². The molecule has 5 N–H and O–H groups in total. The first-order chi connectivity index (χ1) is 12.0. The zero-order valence-electron chi connectivity index (χ0n) is 14.3. The van der Waals surface area contributed by atoms with Crippen molar-refractivity contribution < 1.29 is 14.7 Å². The van der Waals surface area contributed by atoms with E-state index in [1.54, 1.807) is 0 Å². The van der Waals surface area contributed by atoms with Gasteiger partial charge in [-0.3, -0.25) is 15.0 Å². The predicted molar refractivity (Wildman–Crippen MR) is 94.2 cm³/mol. The van der Waals surface area contributed by atoms with Crippen LogP contribution >= 0.6 is 0 Å². The first kappa shape index (κ1) is 17.8. The Kier molecular flexibility index (Phi) is 5.67. The molecule has 0 spiro atoms. The highest BCUT2D eigenvalue weighted by molar-refractivity contribution is 5.94. The minimum absolute atomic E-state index is 0.0753. The van der Waals surface area contributed by atoms with Gasteiger partial charge >= 0.3 is 5.97 Å². The first-order valence-electron chi connectivity index (χ1n) is 8.81. The van der Waals surface area contributed by atoms with Gasteiger partial charge in [-0.15, -0.1) is 0 Å². The molecular formula is C18H26N4O3. The SMILES string of the molecule is N=C(N)c1ccc([C@@H]2C[C@@H](CN3CCC(CC(=O)O)CC3)ON2)cc1. The molecule has 2 heterocycles. The lowest BCUT2D eigenvalue weighted by Gasteiger charge is -2.32. The summed E-state index contributed by atoms with van der Waals surface area (Å²) in [5.74, 6) is -0.310. The van der Waals surface area contributed by atoms with Gasteiger partial charge in [0, 0.05) is 18.5 Å². The average Bonchev–Trinajstić information content (AvgIpc) is 3.05. The number of aliphatic carboxylic acids is 1. The molecule has 0 aromatic heterocycles. The molecule has 2 saturated heterocycles. The molecule has 136 valence electrons. The zero-order chi connectivity index (χ0) is 17.8. The molecule has 7 heteroatoms. The number of nitrogens with one attached hydrogen (secondary N) is 2. The molecule has 3 rings (SSSR count). The van der Waals surface area contributed by atoms with Crippen LogP contribution in [0.4, 0.5) is 0 Å². The van der Waals surface area contributed by atoms with Crippen LogP contribution in [0.2, 0.25) is 0 Å². The third-order valence-corrected chi connectivity index (χ3v) is 5.13. The van der Waals surface area contributed by atoms with Crippen LogP contribution in [-0.2, 0) is 9.63 Å². The number of benzene rings is 1. The van der Waals surface area contributed by atoms with E-state index in [9.17, 15) is 4.79 Å². The van der Waals surface area contributed by atoms with Gasteiger partial charge < -0.3 is 15.7 Å². The van der Waals surface area contributed by atoms with E-state index < -0.39 is 5.97 Å². The summed E-state index contributed by atoms with van der Waals surface area (Å²) in [4.78, 5) is 18.9. The van der Waals surface area contributed by atoms with Gasteiger partial charge in [0.15, 0.2) is 0 Å². The zero-order valence-corrected chi connectivity index (χ0v) is 14.3. The van der Waals surface area contributed by atoms with Crippen molar-refractivity contribution in [3.05, 3.63) is 35.4 Å². The minimum atomic E-state index is -0.694. The summed E-state index contributed by atoms with van der Waals surface area (Å²) < 4.78 is 0. The van der Waals surface area contributed by atoms with Crippen molar-refractivity contribution in [1.29, 1.82) is 5.41 Å². The van der Waals surface area contributed by atoms with E-state index in [4.69, 9.17) is 21.1 Å². The Morgan fingerprint density at radius 3 is 2.60 bits per heavy atom. The van der Waals surface area contributed by atoms with E-state index in [-0.39, 0.29) is 24.4 Å². The Morgan fingerprint density at radius 1 is 1.32 bits per heavy atom. The number of nitrogens with zero attached hydrogens (tertiary/aromatic N) is 1. The van der Waals surface area contributed by atoms with Gasteiger partial charge in [0.05, 0.1) is 12.1 Å². The second-order valence-corrected chi connectivity index (χ2v) is 7.02. The van der Waals surface area contributed by atoms with Crippen LogP contribution < -0.4 is 11.2 Å². The smallest absolute Gasteiger partial charge is 0.303 e. The van der Waals surface area contributed by atoms with Gasteiger partial charge in [-0.2, -0.15) is 5.48 Å². The molecule has 0 aliphatic carbocycles. The van der Waals surface area contributed by atoms with Crippen LogP contribution in [0.25, 0.3) is 0 Å². The van der Waals surface area contributed by atoms with Crippen molar-refractivity contribution in [2.45, 2.75) is 37.8 Å². The maximum Gasteiger partial charge on any atom is 0.303 e. The van der Waals surface area contributed by atoms with Crippen LogP contribution in [-0.4, -0.2) is 47.5 Å². The number of nitrogen functional groups attached to an aromatic ring is 1. The molecule has 25 heavy (non-hydrogen) atoms. The molecule has 2 aliphatic rings. The summed E-state index contributed by atoms with van der Waals surface area (Å²) in [6.07, 6.45) is 3.21. The molecule has 2 fully saturated rings. The maximum atomic E-state index is 10.8. The average molecular weight is 346 g/mol. The number of rotatable bonds is 6. The number of carbonyl (C=O) groups is 1. The van der Waals surface area contributed by atoms with Gasteiger partial charge in [-0.1, -0.05) is 24.3 Å². The molecule has 2 atom stereocenters. The molecule has 2 aliphatic heterocycles. The van der Waals surface area contributed by atoms with Gasteiger partial charge in [-0.25, -0.2) is 0 Å². The van der Waals surface area contributed by atoms with Crippen molar-refractivity contribution in [3.63, 3.8) is 0 Å². The molecule has 0 saturated carbocycles. The standard InChI is InChI=1S/C18H26N4O3/c19-18(20)14-3-1-13(2-4-14)16-10-15(25-21-16)11-22-7-5-12(6-8-22)9-17(23)24/h1-4,12,15-16,21H,5-11H2,(H3,19,20)(H,23,24)/t15-,16-/m0/s1. The van der Waals surface area contributed by atoms with Crippen LogP contribution in [0.1, 0.15) is 42.9 Å². The predicted octanol–water partition coefficient (Wildman–Crippen LogP) is 1.49. The number of nitrogens with two attached hydrogens (primary N) is 1. The highest BCUT2D eigenvalue weighted by atomic mass is 16.7. The largest absolute Gasteiger partial charge is 0.481 e. The summed E-state index contributed by atoms with van der Waals surface area (Å²) in [7, 11) is 0. The highest BCUT2D eigenvalue weighted by Crippen LogP contribution is 2.27. The van der Waals surface area contributed by atoms with Crippen molar-refractivity contribution in [3.8, 4) is 0 Å². The summed E-state index contributed by atoms with van der Waals surface area (Å²) >= 11 is 0. The molecular weight excluding hydrogens is 320 g/mol. The molecule has 7 nitrogen and oxygen atoms in total. The number of carboxylic acids is 1. The summed E-state index contributed by atoms with van der Waals surface area (Å²) in [6.45, 7) is 2.75. The van der Waals surface area contributed by atoms with Crippen LogP contribution in [0, 0.1) is 11.3 Å². The summed E-state index contributed by atoms with van der Waals surface area (Å²) in [6, 6.07) is 7.84. The molecule has 0 bridgehead atoms. The highest BCUT2D eigenvalue weighted by Gasteiger charge is 2.30. The summed E-state index contributed by atoms with van der Waals surface area (Å²) in [5.41, 5.74) is 10.4. The van der Waals surface area contributed by atoms with Crippen LogP contribution in [0.5, 0.6) is 0 Å². The van der Waals surface area contributed by atoms with Crippen molar-refractivity contribution in [2.24, 2.45) is 11.7 Å². The third kappa shape index (κ3) is 4.78. The van der Waals surface area contributed by atoms with E-state index in [0.717, 1.165) is 50.0 Å². The van der Waals surface area contributed by atoms with E-state index in [1.165, 1.54) is 0 Å². The van der Waals surface area contributed by atoms with Gasteiger partial charge in [0.1, 0.15) is 5.84 Å². The molecule has 1 aromatic rings. The van der Waals surface area contributed by atoms with E-state index in [2.05, 4.69) is 10.4 Å². The topological polar surface area (TPSA) is 112 Å². The van der Waals surface area contributed by atoms with E-state index in [1.807, 2.05) is 24.3 Å². The molecule has 1 aromatic carbocycles. The number of hydrogen-bond donors (Lipinski definition) is 4. The van der Waals surface area contributed by atoms with Gasteiger partial charge in [0.2, 0.25) is 0 Å². The Hall–Kier alpha value is -1.96. The van der Waals surface area contributed by atoms with Crippen LogP contribution in [0.15, 0.2) is 24.3 Å². The van der Waals surface area contributed by atoms with Gasteiger partial charge in [-0.05, 0) is 43.8 Å². The lowest BCUT2D eigenvalue weighted by atomic mass is 9.93. The van der Waals surface area contributed by atoms with E-state index in [0.29, 0.717) is 5.92 Å². The normalized spacial score (nSPS) is 25.1. The minimum Gasteiger partial charge on any atom is -0.481 e. The Bertz CT molecular complexity index is 611. The number of likely N-dealkylation sites (tertiary alicyclic amines) is 1. The lowest BCUT2D eigenvalue weighted by Crippen LogP contribution is -2.39. The first-order valence-corrected chi connectivity index (χ1v) is 8.81. The maximum absolute atomic E-state index is 10.8. The fraction of sp³-hybridized carbons (Fsp3) is 0.556. The second kappa shape index (κ2) is 7.95. The number of piperidine rings is 1.